The Morgan fingerprint density at radius 1 is 1.26 bits per heavy atom. The summed E-state index contributed by atoms with van der Waals surface area (Å²) >= 11 is 0. The Hall–Kier alpha value is -1.95. The molecule has 1 fully saturated rings. The van der Waals surface area contributed by atoms with Crippen molar-refractivity contribution in [1.29, 1.82) is 0 Å². The molecule has 1 aromatic heterocycles. The van der Waals surface area contributed by atoms with Gasteiger partial charge in [0.25, 0.3) is 0 Å². The number of aromatic amines is 1. The van der Waals surface area contributed by atoms with E-state index in [0.29, 0.717) is 12.0 Å². The third kappa shape index (κ3) is 3.69. The van der Waals surface area contributed by atoms with Crippen molar-refractivity contribution in [1.82, 2.24) is 25.9 Å². The van der Waals surface area contributed by atoms with Crippen molar-refractivity contribution in [3.63, 3.8) is 0 Å². The molecule has 2 N–H and O–H groups in total. The number of rotatable bonds is 5. The van der Waals surface area contributed by atoms with Gasteiger partial charge in [0.05, 0.1) is 7.11 Å². The average molecular weight is 315 g/mol. The topological polar surface area (TPSA) is 75.7 Å². The quantitative estimate of drug-likeness (QED) is 0.886. The van der Waals surface area contributed by atoms with Gasteiger partial charge < -0.3 is 10.1 Å². The Morgan fingerprint density at radius 3 is 2.70 bits per heavy atom. The number of H-pyrrole nitrogens is 1. The van der Waals surface area contributed by atoms with Crippen LogP contribution in [-0.4, -0.2) is 40.3 Å². The van der Waals surface area contributed by atoms with Crippen molar-refractivity contribution in [3.05, 3.63) is 35.7 Å². The maximum atomic E-state index is 5.25. The van der Waals surface area contributed by atoms with E-state index in [1.54, 1.807) is 7.11 Å². The lowest BCUT2D eigenvalue weighted by Gasteiger charge is -2.34. The molecule has 3 rings (SSSR count). The van der Waals surface area contributed by atoms with E-state index in [2.05, 4.69) is 64.1 Å². The first-order valence-corrected chi connectivity index (χ1v) is 8.20. The second-order valence-electron chi connectivity index (χ2n) is 6.97. The van der Waals surface area contributed by atoms with E-state index in [1.807, 2.05) is 0 Å². The van der Waals surface area contributed by atoms with E-state index in [1.165, 1.54) is 12.0 Å². The molecule has 1 aliphatic rings. The maximum absolute atomic E-state index is 5.25. The number of tetrazole rings is 1. The van der Waals surface area contributed by atoms with Gasteiger partial charge in [-0.3, -0.25) is 0 Å². The molecule has 23 heavy (non-hydrogen) atoms. The van der Waals surface area contributed by atoms with Crippen LogP contribution in [0.2, 0.25) is 0 Å². The standard InChI is InChI=1S/C17H25N5O/c1-17(2,16-19-21-22-20-16)11-14-10-13(8-9-18-14)12-4-6-15(23-3)7-5-12/h4-7,13-14,18H,8-11H2,1-3H3,(H,19,20,21,22)/t13?,14-/m0/s1. The Labute approximate surface area is 137 Å². The van der Waals surface area contributed by atoms with Gasteiger partial charge in [-0.25, -0.2) is 0 Å². The highest BCUT2D eigenvalue weighted by molar-refractivity contribution is 5.29. The second-order valence-corrected chi connectivity index (χ2v) is 6.97. The molecule has 124 valence electrons. The van der Waals surface area contributed by atoms with Crippen LogP contribution in [0.25, 0.3) is 0 Å². The first-order chi connectivity index (χ1) is 11.1. The van der Waals surface area contributed by atoms with Crippen molar-refractivity contribution < 1.29 is 4.74 Å². The van der Waals surface area contributed by atoms with Crippen LogP contribution in [0, 0.1) is 0 Å². The van der Waals surface area contributed by atoms with Crippen molar-refractivity contribution in [2.45, 2.75) is 50.5 Å². The van der Waals surface area contributed by atoms with E-state index in [4.69, 9.17) is 4.74 Å². The van der Waals surface area contributed by atoms with Crippen LogP contribution in [0.15, 0.2) is 24.3 Å². The Morgan fingerprint density at radius 2 is 2.04 bits per heavy atom. The predicted molar refractivity (Wildman–Crippen MR) is 88.6 cm³/mol. The van der Waals surface area contributed by atoms with E-state index < -0.39 is 0 Å². The van der Waals surface area contributed by atoms with Gasteiger partial charge in [0.15, 0.2) is 5.82 Å². The lowest BCUT2D eigenvalue weighted by atomic mass is 9.78. The molecule has 1 saturated heterocycles. The van der Waals surface area contributed by atoms with Crippen molar-refractivity contribution in [2.75, 3.05) is 13.7 Å². The van der Waals surface area contributed by atoms with Crippen LogP contribution < -0.4 is 10.1 Å². The number of piperidine rings is 1. The number of hydrogen-bond acceptors (Lipinski definition) is 5. The molecule has 6 heteroatoms. The molecule has 1 unspecified atom stereocenters. The smallest absolute Gasteiger partial charge is 0.180 e. The molecule has 2 aromatic rings. The lowest BCUT2D eigenvalue weighted by Crippen LogP contribution is -2.41. The normalized spacial score (nSPS) is 22.0. The second kappa shape index (κ2) is 6.66. The third-order valence-corrected chi connectivity index (χ3v) is 4.79. The number of benzene rings is 1. The first kappa shape index (κ1) is 15.9. The number of ether oxygens (including phenoxy) is 1. The van der Waals surface area contributed by atoms with Gasteiger partial charge >= 0.3 is 0 Å². The Kier molecular flexibility index (Phi) is 4.61. The van der Waals surface area contributed by atoms with Gasteiger partial charge in [-0.2, -0.15) is 5.21 Å². The fraction of sp³-hybridized carbons (Fsp3) is 0.588. The van der Waals surface area contributed by atoms with Crippen LogP contribution in [0.5, 0.6) is 5.75 Å². The summed E-state index contributed by atoms with van der Waals surface area (Å²) in [5.41, 5.74) is 1.31. The largest absolute Gasteiger partial charge is 0.497 e. The zero-order valence-electron chi connectivity index (χ0n) is 14.0. The van der Waals surface area contributed by atoms with Crippen molar-refractivity contribution in [3.8, 4) is 5.75 Å². The molecule has 0 saturated carbocycles. The van der Waals surface area contributed by atoms with Gasteiger partial charge in [-0.1, -0.05) is 31.2 Å². The lowest BCUT2D eigenvalue weighted by molar-refractivity contribution is 0.290. The zero-order chi connectivity index (χ0) is 16.3. The summed E-state index contributed by atoms with van der Waals surface area (Å²) in [5.74, 6) is 2.29. The zero-order valence-corrected chi connectivity index (χ0v) is 14.0. The summed E-state index contributed by atoms with van der Waals surface area (Å²) in [5, 5.41) is 18.2. The predicted octanol–water partition coefficient (Wildman–Crippen LogP) is 2.41. The molecule has 6 nitrogen and oxygen atoms in total. The number of nitrogens with one attached hydrogen (secondary N) is 2. The van der Waals surface area contributed by atoms with Crippen molar-refractivity contribution >= 4 is 0 Å². The summed E-state index contributed by atoms with van der Waals surface area (Å²) in [4.78, 5) is 0. The number of aromatic nitrogens is 4. The monoisotopic (exact) mass is 315 g/mol. The minimum atomic E-state index is -0.0908. The fourth-order valence-corrected chi connectivity index (χ4v) is 3.50. The fourth-order valence-electron chi connectivity index (χ4n) is 3.50. The van der Waals surface area contributed by atoms with Gasteiger partial charge in [0.1, 0.15) is 5.75 Å². The van der Waals surface area contributed by atoms with Gasteiger partial charge in [-0.15, -0.1) is 10.2 Å². The third-order valence-electron chi connectivity index (χ3n) is 4.79. The summed E-state index contributed by atoms with van der Waals surface area (Å²) in [6, 6.07) is 8.95. The maximum Gasteiger partial charge on any atom is 0.180 e. The minimum Gasteiger partial charge on any atom is -0.497 e. The summed E-state index contributed by atoms with van der Waals surface area (Å²) in [6.07, 6.45) is 3.30. The highest BCUT2D eigenvalue weighted by Gasteiger charge is 2.32. The summed E-state index contributed by atoms with van der Waals surface area (Å²) in [6.45, 7) is 5.40. The SMILES string of the molecule is COc1ccc(C2CCN[C@H](CC(C)(C)c3nn[nH]n3)C2)cc1. The van der Waals surface area contributed by atoms with Gasteiger partial charge in [0, 0.05) is 11.5 Å². The molecule has 0 bridgehead atoms. The molecule has 0 aliphatic carbocycles. The Balaban J connectivity index is 1.66. The molecule has 2 atom stereocenters. The minimum absolute atomic E-state index is 0.0908. The summed E-state index contributed by atoms with van der Waals surface area (Å²) in [7, 11) is 1.70. The average Bonchev–Trinajstić information content (AvgIpc) is 3.10. The summed E-state index contributed by atoms with van der Waals surface area (Å²) < 4.78 is 5.25. The van der Waals surface area contributed by atoms with E-state index in [0.717, 1.165) is 31.0 Å². The Bertz CT molecular complexity index is 608. The highest BCUT2D eigenvalue weighted by atomic mass is 16.5. The molecule has 1 aromatic carbocycles. The van der Waals surface area contributed by atoms with E-state index >= 15 is 0 Å². The number of hydrogen-bond donors (Lipinski definition) is 2. The van der Waals surface area contributed by atoms with Crippen LogP contribution >= 0.6 is 0 Å². The van der Waals surface area contributed by atoms with E-state index in [9.17, 15) is 0 Å². The van der Waals surface area contributed by atoms with Crippen LogP contribution in [0.1, 0.15) is 50.4 Å². The van der Waals surface area contributed by atoms with Crippen LogP contribution in [0.4, 0.5) is 0 Å². The van der Waals surface area contributed by atoms with Crippen LogP contribution in [-0.2, 0) is 5.41 Å². The molecule has 0 radical (unpaired) electrons. The van der Waals surface area contributed by atoms with Gasteiger partial charge in [0.2, 0.25) is 0 Å². The number of nitrogens with zero attached hydrogens (tertiary/aromatic N) is 3. The highest BCUT2D eigenvalue weighted by Crippen LogP contribution is 2.33. The molecule has 0 spiro atoms. The molecule has 1 aliphatic heterocycles. The van der Waals surface area contributed by atoms with Crippen LogP contribution in [0.3, 0.4) is 0 Å². The molecule has 0 amide bonds. The first-order valence-electron chi connectivity index (χ1n) is 8.20. The molecular weight excluding hydrogens is 290 g/mol. The van der Waals surface area contributed by atoms with E-state index in [-0.39, 0.29) is 5.41 Å². The molecular formula is C17H25N5O. The number of methoxy groups -OCH3 is 1. The van der Waals surface area contributed by atoms with Crippen molar-refractivity contribution in [2.24, 2.45) is 0 Å². The molecule has 2 heterocycles. The van der Waals surface area contributed by atoms with Gasteiger partial charge in [-0.05, 0) is 49.4 Å².